The lowest BCUT2D eigenvalue weighted by molar-refractivity contribution is 0.423. The molecule has 0 radical (unpaired) electrons. The van der Waals surface area contributed by atoms with E-state index < -0.39 is 10.0 Å². The van der Waals surface area contributed by atoms with E-state index in [0.717, 1.165) is 25.8 Å². The predicted octanol–water partition coefficient (Wildman–Crippen LogP) is 1.69. The topological polar surface area (TPSA) is 69.6 Å². The third kappa shape index (κ3) is 3.64. The number of phenolic OH excluding ortho intramolecular Hbond substituents is 1. The molecule has 1 heterocycles. The average Bonchev–Trinajstić information content (AvgIpc) is 2.39. The minimum absolute atomic E-state index is 0.0279. The maximum absolute atomic E-state index is 12.5. The molecule has 1 aromatic rings. The minimum Gasteiger partial charge on any atom is -0.508 e. The lowest BCUT2D eigenvalue weighted by Crippen LogP contribution is -2.44. The van der Waals surface area contributed by atoms with Crippen LogP contribution in [0.1, 0.15) is 26.2 Å². The molecule has 1 aliphatic heterocycles. The average molecular weight is 298 g/mol. The first-order valence-corrected chi connectivity index (χ1v) is 8.66. The zero-order valence-electron chi connectivity index (χ0n) is 11.7. The second-order valence-corrected chi connectivity index (χ2v) is 7.05. The van der Waals surface area contributed by atoms with E-state index in [9.17, 15) is 13.5 Å². The standard InChI is InChI=1S/C14H22N2O3S/c1-2-16(13-7-5-8-14(17)10-13)20(18,19)11-12-6-3-4-9-15-12/h5,7-8,10,12,15,17H,2-4,6,9,11H2,1H3. The van der Waals surface area contributed by atoms with Crippen molar-refractivity contribution in [1.82, 2.24) is 5.32 Å². The fourth-order valence-corrected chi connectivity index (χ4v) is 4.40. The lowest BCUT2D eigenvalue weighted by atomic mass is 10.1. The Labute approximate surface area is 120 Å². The molecule has 5 nitrogen and oxygen atoms in total. The van der Waals surface area contributed by atoms with E-state index in [1.54, 1.807) is 19.1 Å². The zero-order valence-corrected chi connectivity index (χ0v) is 12.6. The number of hydrogen-bond donors (Lipinski definition) is 2. The molecule has 0 bridgehead atoms. The molecule has 0 spiro atoms. The molecule has 1 aliphatic rings. The van der Waals surface area contributed by atoms with Gasteiger partial charge in [-0.1, -0.05) is 12.5 Å². The van der Waals surface area contributed by atoms with Crippen LogP contribution in [0.2, 0.25) is 0 Å². The molecule has 2 N–H and O–H groups in total. The van der Waals surface area contributed by atoms with Gasteiger partial charge in [0.2, 0.25) is 10.0 Å². The van der Waals surface area contributed by atoms with E-state index in [2.05, 4.69) is 5.32 Å². The van der Waals surface area contributed by atoms with Crippen molar-refractivity contribution in [2.24, 2.45) is 0 Å². The third-order valence-electron chi connectivity index (χ3n) is 3.56. The van der Waals surface area contributed by atoms with Gasteiger partial charge in [-0.3, -0.25) is 4.31 Å². The van der Waals surface area contributed by atoms with Crippen LogP contribution in [0.5, 0.6) is 5.75 Å². The Kier molecular flexibility index (Phi) is 4.88. The molecular weight excluding hydrogens is 276 g/mol. The molecule has 0 amide bonds. The van der Waals surface area contributed by atoms with Gasteiger partial charge in [0.05, 0.1) is 11.4 Å². The van der Waals surface area contributed by atoms with Crippen molar-refractivity contribution in [3.05, 3.63) is 24.3 Å². The van der Waals surface area contributed by atoms with Crippen molar-refractivity contribution in [2.45, 2.75) is 32.2 Å². The molecule has 0 aliphatic carbocycles. The van der Waals surface area contributed by atoms with Gasteiger partial charge in [-0.25, -0.2) is 8.42 Å². The van der Waals surface area contributed by atoms with Gasteiger partial charge in [-0.05, 0) is 38.4 Å². The van der Waals surface area contributed by atoms with Crippen LogP contribution in [0.25, 0.3) is 0 Å². The molecule has 1 saturated heterocycles. The van der Waals surface area contributed by atoms with Gasteiger partial charge in [-0.15, -0.1) is 0 Å². The Morgan fingerprint density at radius 1 is 1.40 bits per heavy atom. The largest absolute Gasteiger partial charge is 0.508 e. The third-order valence-corrected chi connectivity index (χ3v) is 5.53. The number of nitrogens with one attached hydrogen (secondary N) is 1. The van der Waals surface area contributed by atoms with E-state index in [4.69, 9.17) is 0 Å². The Morgan fingerprint density at radius 3 is 2.80 bits per heavy atom. The first-order valence-electron chi connectivity index (χ1n) is 7.06. The van der Waals surface area contributed by atoms with Crippen LogP contribution in [0.3, 0.4) is 0 Å². The number of anilines is 1. The summed E-state index contributed by atoms with van der Waals surface area (Å²) in [5.74, 6) is 0.184. The zero-order chi connectivity index (χ0) is 14.6. The van der Waals surface area contributed by atoms with Gasteiger partial charge in [0.25, 0.3) is 0 Å². The van der Waals surface area contributed by atoms with Gasteiger partial charge in [0, 0.05) is 18.7 Å². The number of piperidine rings is 1. The molecule has 1 fully saturated rings. The highest BCUT2D eigenvalue weighted by atomic mass is 32.2. The normalized spacial score (nSPS) is 19.8. The number of phenols is 1. The van der Waals surface area contributed by atoms with Crippen LogP contribution < -0.4 is 9.62 Å². The van der Waals surface area contributed by atoms with Crippen molar-refractivity contribution in [1.29, 1.82) is 0 Å². The Balaban J connectivity index is 2.16. The second-order valence-electron chi connectivity index (χ2n) is 5.11. The lowest BCUT2D eigenvalue weighted by Gasteiger charge is -2.28. The van der Waals surface area contributed by atoms with Crippen molar-refractivity contribution >= 4 is 15.7 Å². The number of sulfonamides is 1. The van der Waals surface area contributed by atoms with Crippen molar-refractivity contribution in [2.75, 3.05) is 23.1 Å². The monoisotopic (exact) mass is 298 g/mol. The van der Waals surface area contributed by atoms with Crippen LogP contribution in [0.15, 0.2) is 24.3 Å². The molecule has 6 heteroatoms. The van der Waals surface area contributed by atoms with E-state index in [1.165, 1.54) is 16.4 Å². The van der Waals surface area contributed by atoms with Crippen LogP contribution in [0, 0.1) is 0 Å². The number of rotatable bonds is 5. The van der Waals surface area contributed by atoms with Crippen molar-refractivity contribution in [3.8, 4) is 5.75 Å². The summed E-state index contributed by atoms with van der Waals surface area (Å²) < 4.78 is 26.5. The van der Waals surface area contributed by atoms with Gasteiger partial charge in [0.1, 0.15) is 5.75 Å². The Bertz CT molecular complexity index is 539. The van der Waals surface area contributed by atoms with Crippen LogP contribution in [-0.4, -0.2) is 38.4 Å². The summed E-state index contributed by atoms with van der Waals surface area (Å²) in [5.41, 5.74) is 0.517. The highest BCUT2D eigenvalue weighted by Crippen LogP contribution is 2.23. The summed E-state index contributed by atoms with van der Waals surface area (Å²) in [6, 6.07) is 6.40. The van der Waals surface area contributed by atoms with E-state index in [0.29, 0.717) is 12.2 Å². The van der Waals surface area contributed by atoms with E-state index in [-0.39, 0.29) is 17.5 Å². The molecule has 1 aromatic carbocycles. The van der Waals surface area contributed by atoms with Gasteiger partial charge < -0.3 is 10.4 Å². The van der Waals surface area contributed by atoms with Gasteiger partial charge in [0.15, 0.2) is 0 Å². The smallest absolute Gasteiger partial charge is 0.236 e. The maximum Gasteiger partial charge on any atom is 0.236 e. The number of benzene rings is 1. The summed E-state index contributed by atoms with van der Waals surface area (Å²) >= 11 is 0. The molecule has 2 rings (SSSR count). The quantitative estimate of drug-likeness (QED) is 0.868. The van der Waals surface area contributed by atoms with Crippen molar-refractivity contribution < 1.29 is 13.5 Å². The first kappa shape index (κ1) is 15.1. The molecule has 1 unspecified atom stereocenters. The van der Waals surface area contributed by atoms with Gasteiger partial charge >= 0.3 is 0 Å². The summed E-state index contributed by atoms with van der Waals surface area (Å²) in [4.78, 5) is 0. The van der Waals surface area contributed by atoms with E-state index >= 15 is 0 Å². The molecular formula is C14H22N2O3S. The molecule has 0 aromatic heterocycles. The SMILES string of the molecule is CCN(c1cccc(O)c1)S(=O)(=O)CC1CCCCN1. The fraction of sp³-hybridized carbons (Fsp3) is 0.571. The Hall–Kier alpha value is -1.27. The summed E-state index contributed by atoms with van der Waals surface area (Å²) in [6.45, 7) is 3.05. The summed E-state index contributed by atoms with van der Waals surface area (Å²) in [7, 11) is -3.38. The number of nitrogens with zero attached hydrogens (tertiary/aromatic N) is 1. The second kappa shape index (κ2) is 6.45. The first-order chi connectivity index (χ1) is 9.53. The molecule has 1 atom stereocenters. The summed E-state index contributed by atoms with van der Waals surface area (Å²) in [6.07, 6.45) is 3.09. The molecule has 20 heavy (non-hydrogen) atoms. The predicted molar refractivity (Wildman–Crippen MR) is 80.6 cm³/mol. The molecule has 112 valence electrons. The number of hydrogen-bond acceptors (Lipinski definition) is 4. The maximum atomic E-state index is 12.5. The highest BCUT2D eigenvalue weighted by Gasteiger charge is 2.26. The Morgan fingerprint density at radius 2 is 2.20 bits per heavy atom. The van der Waals surface area contributed by atoms with Crippen LogP contribution in [-0.2, 0) is 10.0 Å². The van der Waals surface area contributed by atoms with E-state index in [1.807, 2.05) is 0 Å². The summed E-state index contributed by atoms with van der Waals surface area (Å²) in [5, 5.41) is 12.8. The van der Waals surface area contributed by atoms with Crippen LogP contribution in [0.4, 0.5) is 5.69 Å². The number of aromatic hydroxyl groups is 1. The molecule has 0 saturated carbocycles. The van der Waals surface area contributed by atoms with Crippen molar-refractivity contribution in [3.63, 3.8) is 0 Å². The van der Waals surface area contributed by atoms with Gasteiger partial charge in [-0.2, -0.15) is 0 Å². The van der Waals surface area contributed by atoms with Crippen LogP contribution >= 0.6 is 0 Å². The highest BCUT2D eigenvalue weighted by molar-refractivity contribution is 7.92. The fourth-order valence-electron chi connectivity index (χ4n) is 2.60. The minimum atomic E-state index is -3.38.